The molecule has 1 fully saturated rings. The molecule has 1 saturated heterocycles. The number of hydrogen-bond acceptors (Lipinski definition) is 5. The lowest BCUT2D eigenvalue weighted by molar-refractivity contribution is -0.120. The number of ether oxygens (including phenoxy) is 2. The smallest absolute Gasteiger partial charge is 0.226 e. The molecule has 1 amide bonds. The summed E-state index contributed by atoms with van der Waals surface area (Å²) < 4.78 is 11.4. The SMILES string of the molecule is COc1cc(C2CC(=O)NC3=NCC=C32)ccc1OCc1ccccn1. The van der Waals surface area contributed by atoms with Gasteiger partial charge in [-0.15, -0.1) is 0 Å². The fourth-order valence-electron chi connectivity index (χ4n) is 3.27. The van der Waals surface area contributed by atoms with Crippen LogP contribution in [0.2, 0.25) is 0 Å². The predicted octanol–water partition coefficient (Wildman–Crippen LogP) is 2.61. The van der Waals surface area contributed by atoms with Gasteiger partial charge in [0.15, 0.2) is 11.5 Å². The van der Waals surface area contributed by atoms with Crippen LogP contribution >= 0.6 is 0 Å². The number of amides is 1. The number of amidine groups is 1. The summed E-state index contributed by atoms with van der Waals surface area (Å²) in [6, 6.07) is 11.5. The van der Waals surface area contributed by atoms with Crippen molar-refractivity contribution in [2.75, 3.05) is 13.7 Å². The molecule has 3 heterocycles. The van der Waals surface area contributed by atoms with E-state index in [1.165, 1.54) is 0 Å². The summed E-state index contributed by atoms with van der Waals surface area (Å²) in [6.07, 6.45) is 4.21. The van der Waals surface area contributed by atoms with Gasteiger partial charge in [-0.1, -0.05) is 18.2 Å². The summed E-state index contributed by atoms with van der Waals surface area (Å²) in [4.78, 5) is 20.6. The molecule has 0 saturated carbocycles. The second kappa shape index (κ2) is 7.00. The molecule has 6 nitrogen and oxygen atoms in total. The zero-order chi connectivity index (χ0) is 17.9. The van der Waals surface area contributed by atoms with E-state index in [1.54, 1.807) is 13.3 Å². The number of aromatic nitrogens is 1. The number of pyridine rings is 1. The lowest BCUT2D eigenvalue weighted by Gasteiger charge is -2.26. The van der Waals surface area contributed by atoms with Crippen LogP contribution in [0, 0.1) is 0 Å². The molecule has 2 aromatic rings. The van der Waals surface area contributed by atoms with E-state index in [4.69, 9.17) is 9.47 Å². The topological polar surface area (TPSA) is 72.8 Å². The van der Waals surface area contributed by atoms with Gasteiger partial charge in [0.05, 0.1) is 19.3 Å². The third-order valence-electron chi connectivity index (χ3n) is 4.55. The molecule has 0 aliphatic carbocycles. The summed E-state index contributed by atoms with van der Waals surface area (Å²) in [6.45, 7) is 0.980. The average Bonchev–Trinajstić information content (AvgIpc) is 3.14. The Balaban J connectivity index is 1.57. The number of hydrogen-bond donors (Lipinski definition) is 1. The first kappa shape index (κ1) is 16.3. The van der Waals surface area contributed by atoms with Gasteiger partial charge in [0, 0.05) is 24.1 Å². The van der Waals surface area contributed by atoms with Gasteiger partial charge in [0.2, 0.25) is 5.91 Å². The summed E-state index contributed by atoms with van der Waals surface area (Å²) in [5.74, 6) is 1.96. The minimum Gasteiger partial charge on any atom is -0.493 e. The number of nitrogens with one attached hydrogen (secondary N) is 1. The van der Waals surface area contributed by atoms with Crippen molar-refractivity contribution in [1.82, 2.24) is 10.3 Å². The lowest BCUT2D eigenvalue weighted by atomic mass is 9.85. The van der Waals surface area contributed by atoms with Crippen molar-refractivity contribution >= 4 is 11.7 Å². The number of aliphatic imine (C=N–C) groups is 1. The monoisotopic (exact) mass is 349 g/mol. The van der Waals surface area contributed by atoms with Crippen molar-refractivity contribution in [3.8, 4) is 11.5 Å². The van der Waals surface area contributed by atoms with Gasteiger partial charge in [-0.25, -0.2) is 0 Å². The zero-order valence-corrected chi connectivity index (χ0v) is 14.4. The molecule has 2 aliphatic rings. The Hall–Kier alpha value is -3.15. The summed E-state index contributed by atoms with van der Waals surface area (Å²) in [5, 5.41) is 2.84. The molecule has 1 aromatic heterocycles. The Bertz CT molecular complexity index is 890. The number of piperidine rings is 1. The molecule has 26 heavy (non-hydrogen) atoms. The first-order valence-electron chi connectivity index (χ1n) is 8.50. The summed E-state index contributed by atoms with van der Waals surface area (Å²) >= 11 is 0. The van der Waals surface area contributed by atoms with Crippen LogP contribution < -0.4 is 14.8 Å². The van der Waals surface area contributed by atoms with Crippen LogP contribution in [0.5, 0.6) is 11.5 Å². The zero-order valence-electron chi connectivity index (χ0n) is 14.4. The van der Waals surface area contributed by atoms with E-state index in [1.807, 2.05) is 36.4 Å². The fourth-order valence-corrected chi connectivity index (χ4v) is 3.27. The van der Waals surface area contributed by atoms with Crippen molar-refractivity contribution in [3.05, 3.63) is 65.5 Å². The maximum Gasteiger partial charge on any atom is 0.226 e. The van der Waals surface area contributed by atoms with Gasteiger partial charge in [-0.05, 0) is 29.8 Å². The molecular weight excluding hydrogens is 330 g/mol. The quantitative estimate of drug-likeness (QED) is 0.901. The highest BCUT2D eigenvalue weighted by Crippen LogP contribution is 2.38. The Labute approximate surface area is 151 Å². The minimum absolute atomic E-state index is 0.0104. The van der Waals surface area contributed by atoms with Gasteiger partial charge in [-0.3, -0.25) is 14.8 Å². The lowest BCUT2D eigenvalue weighted by Crippen LogP contribution is -2.38. The summed E-state index contributed by atoms with van der Waals surface area (Å²) in [7, 11) is 1.61. The molecule has 4 rings (SSSR count). The first-order chi connectivity index (χ1) is 12.7. The van der Waals surface area contributed by atoms with E-state index >= 15 is 0 Å². The number of methoxy groups -OCH3 is 1. The van der Waals surface area contributed by atoms with Crippen molar-refractivity contribution in [1.29, 1.82) is 0 Å². The number of fused-ring (bicyclic) bond motifs is 1. The van der Waals surface area contributed by atoms with Gasteiger partial charge < -0.3 is 14.8 Å². The highest BCUT2D eigenvalue weighted by Gasteiger charge is 2.32. The van der Waals surface area contributed by atoms with E-state index in [9.17, 15) is 4.79 Å². The number of benzene rings is 1. The van der Waals surface area contributed by atoms with Gasteiger partial charge in [0.25, 0.3) is 0 Å². The Morgan fingerprint density at radius 1 is 1.23 bits per heavy atom. The minimum atomic E-state index is -0.0118. The summed E-state index contributed by atoms with van der Waals surface area (Å²) in [5.41, 5.74) is 2.94. The Kier molecular flexibility index (Phi) is 4.39. The molecule has 1 aromatic carbocycles. The molecule has 2 aliphatic heterocycles. The molecule has 1 N–H and O–H groups in total. The van der Waals surface area contributed by atoms with Crippen molar-refractivity contribution in [3.63, 3.8) is 0 Å². The van der Waals surface area contributed by atoms with Gasteiger partial charge in [0.1, 0.15) is 12.4 Å². The van der Waals surface area contributed by atoms with Crippen LogP contribution in [-0.4, -0.2) is 30.4 Å². The molecule has 6 heteroatoms. The van der Waals surface area contributed by atoms with Gasteiger partial charge >= 0.3 is 0 Å². The van der Waals surface area contributed by atoms with Crippen LogP contribution in [-0.2, 0) is 11.4 Å². The molecule has 0 radical (unpaired) electrons. The molecule has 0 spiro atoms. The highest BCUT2D eigenvalue weighted by atomic mass is 16.5. The van der Waals surface area contributed by atoms with Crippen LogP contribution in [0.1, 0.15) is 23.6 Å². The third-order valence-corrected chi connectivity index (χ3v) is 4.55. The Morgan fingerprint density at radius 3 is 2.96 bits per heavy atom. The van der Waals surface area contributed by atoms with Crippen molar-refractivity contribution < 1.29 is 14.3 Å². The number of rotatable bonds is 5. The Morgan fingerprint density at radius 2 is 2.15 bits per heavy atom. The number of carbonyl (C=O) groups excluding carboxylic acids is 1. The second-order valence-corrected chi connectivity index (χ2v) is 6.17. The van der Waals surface area contributed by atoms with Crippen LogP contribution in [0.15, 0.2) is 59.2 Å². The normalized spacial score (nSPS) is 18.5. The van der Waals surface area contributed by atoms with Gasteiger partial charge in [-0.2, -0.15) is 0 Å². The molecule has 1 atom stereocenters. The van der Waals surface area contributed by atoms with E-state index < -0.39 is 0 Å². The van der Waals surface area contributed by atoms with E-state index in [-0.39, 0.29) is 11.8 Å². The van der Waals surface area contributed by atoms with E-state index in [0.29, 0.717) is 36.9 Å². The molecule has 0 bridgehead atoms. The molecule has 1 unspecified atom stereocenters. The van der Waals surface area contributed by atoms with Crippen LogP contribution in [0.3, 0.4) is 0 Å². The van der Waals surface area contributed by atoms with Crippen molar-refractivity contribution in [2.24, 2.45) is 4.99 Å². The van der Waals surface area contributed by atoms with E-state index in [0.717, 1.165) is 16.8 Å². The number of nitrogens with zero attached hydrogens (tertiary/aromatic N) is 2. The largest absolute Gasteiger partial charge is 0.493 e. The number of carbonyl (C=O) groups is 1. The maximum absolute atomic E-state index is 12.0. The van der Waals surface area contributed by atoms with Crippen LogP contribution in [0.25, 0.3) is 0 Å². The van der Waals surface area contributed by atoms with Crippen molar-refractivity contribution in [2.45, 2.75) is 18.9 Å². The highest BCUT2D eigenvalue weighted by molar-refractivity contribution is 6.12. The standard InChI is InChI=1S/C20H19N3O3/c1-25-18-10-13(16-11-19(24)23-20-15(16)7-9-22-20)5-6-17(18)26-12-14-4-2-3-8-21-14/h2-8,10,16H,9,11-12H2,1H3,(H,22,23,24). The third kappa shape index (κ3) is 3.18. The maximum atomic E-state index is 12.0. The fraction of sp³-hybridized carbons (Fsp3) is 0.250. The first-order valence-corrected chi connectivity index (χ1v) is 8.50. The van der Waals surface area contributed by atoms with Crippen LogP contribution in [0.4, 0.5) is 0 Å². The van der Waals surface area contributed by atoms with E-state index in [2.05, 4.69) is 21.4 Å². The average molecular weight is 349 g/mol. The predicted molar refractivity (Wildman–Crippen MR) is 97.4 cm³/mol. The molecule has 132 valence electrons. The second-order valence-electron chi connectivity index (χ2n) is 6.17. The molecular formula is C20H19N3O3.